The minimum atomic E-state index is -3.97. The number of ether oxygens (including phenoxy) is 2. The van der Waals surface area contributed by atoms with Gasteiger partial charge >= 0.3 is 0 Å². The quantitative estimate of drug-likeness (QED) is 0.335. The molecule has 232 valence electrons. The Morgan fingerprint density at radius 1 is 1.12 bits per heavy atom. The summed E-state index contributed by atoms with van der Waals surface area (Å²) < 4.78 is 41.1. The molecule has 0 radical (unpaired) electrons. The van der Waals surface area contributed by atoms with Gasteiger partial charge in [-0.3, -0.25) is 9.59 Å². The Hall–Kier alpha value is -2.88. The van der Waals surface area contributed by atoms with E-state index in [2.05, 4.69) is 9.62 Å². The average Bonchev–Trinajstić information content (AvgIpc) is 3.00. The van der Waals surface area contributed by atoms with Gasteiger partial charge in [0.2, 0.25) is 10.0 Å². The number of hydrogen-bond donors (Lipinski definition) is 1. The second-order valence-corrected chi connectivity index (χ2v) is 14.7. The van der Waals surface area contributed by atoms with Crippen molar-refractivity contribution in [2.45, 2.75) is 69.8 Å². The first-order valence-corrected chi connectivity index (χ1v) is 17.0. The highest BCUT2D eigenvalue weighted by Gasteiger charge is 2.47. The first kappa shape index (κ1) is 31.5. The van der Waals surface area contributed by atoms with Crippen LogP contribution in [-0.2, 0) is 32.6 Å². The van der Waals surface area contributed by atoms with Crippen molar-refractivity contribution in [2.75, 3.05) is 25.1 Å². The normalized spacial score (nSPS) is 30.2. The number of anilines is 1. The number of halogens is 1. The summed E-state index contributed by atoms with van der Waals surface area (Å²) in [7, 11) is -2.41. The Balaban J connectivity index is 1.58. The van der Waals surface area contributed by atoms with Gasteiger partial charge in [-0.25, -0.2) is 13.1 Å². The molecule has 10 heteroatoms. The second kappa shape index (κ2) is 13.0. The summed E-state index contributed by atoms with van der Waals surface area (Å²) in [4.78, 5) is 28.2. The second-order valence-electron chi connectivity index (χ2n) is 12.2. The lowest BCUT2D eigenvalue weighted by Crippen LogP contribution is -2.52. The number of carbonyl (C=O) groups is 2. The molecule has 2 aromatic rings. The maximum atomic E-state index is 13.3. The van der Waals surface area contributed by atoms with E-state index >= 15 is 0 Å². The van der Waals surface area contributed by atoms with Crippen LogP contribution in [0.25, 0.3) is 0 Å². The Kier molecular flexibility index (Phi) is 9.54. The zero-order chi connectivity index (χ0) is 30.8. The highest BCUT2D eigenvalue weighted by molar-refractivity contribution is 7.90. The molecule has 0 saturated heterocycles. The van der Waals surface area contributed by atoms with Gasteiger partial charge in [-0.2, -0.15) is 0 Å². The van der Waals surface area contributed by atoms with Crippen LogP contribution in [0.4, 0.5) is 5.69 Å². The van der Waals surface area contributed by atoms with Gasteiger partial charge in [-0.15, -0.1) is 0 Å². The molecule has 5 rings (SSSR count). The van der Waals surface area contributed by atoms with Crippen LogP contribution in [0.2, 0.25) is 5.02 Å². The highest BCUT2D eigenvalue weighted by atomic mass is 35.5. The molecule has 2 bridgehead atoms. The SMILES string of the molecule is CO[C@@]1(C=O)/C=C/CC(C)[C@@H](C)S(=O)(=O)NC(=O)c2ccc3c(c2)N(CCCCc2cc(Cl)ccc2CO3)C[C@@H]2CC[C@H]21. The molecular formula is C33H41ClN2O6S. The predicted molar refractivity (Wildman–Crippen MR) is 168 cm³/mol. The van der Waals surface area contributed by atoms with Crippen LogP contribution in [0.15, 0.2) is 48.6 Å². The number of aldehydes is 1. The van der Waals surface area contributed by atoms with E-state index < -0.39 is 26.8 Å². The van der Waals surface area contributed by atoms with E-state index in [0.29, 0.717) is 36.9 Å². The number of nitrogens with zero attached hydrogens (tertiary/aromatic N) is 1. The number of rotatable bonds is 2. The maximum absolute atomic E-state index is 13.3. The summed E-state index contributed by atoms with van der Waals surface area (Å²) in [6, 6.07) is 10.9. The third kappa shape index (κ3) is 6.64. The van der Waals surface area contributed by atoms with Crippen LogP contribution in [0.1, 0.15) is 67.4 Å². The van der Waals surface area contributed by atoms with Gasteiger partial charge in [0.15, 0.2) is 6.29 Å². The fourth-order valence-electron chi connectivity index (χ4n) is 6.51. The number of sulfonamides is 1. The first-order valence-electron chi connectivity index (χ1n) is 15.1. The molecular weight excluding hydrogens is 588 g/mol. The van der Waals surface area contributed by atoms with Crippen LogP contribution in [0, 0.1) is 17.8 Å². The first-order chi connectivity index (χ1) is 20.6. The molecule has 0 aromatic heterocycles. The van der Waals surface area contributed by atoms with Crippen LogP contribution in [0.3, 0.4) is 0 Å². The number of allylic oxidation sites excluding steroid dienone is 1. The van der Waals surface area contributed by atoms with Gasteiger partial charge < -0.3 is 14.4 Å². The summed E-state index contributed by atoms with van der Waals surface area (Å²) in [5.41, 5.74) is 2.09. The van der Waals surface area contributed by atoms with Crippen molar-refractivity contribution in [1.82, 2.24) is 4.72 Å². The summed E-state index contributed by atoms with van der Waals surface area (Å²) in [6.07, 6.45) is 9.43. The standard InChI is InChI=1S/C33H41ClN2O6S/c1-22-7-6-15-33(21-37,41-3)29-13-10-26(29)19-36-16-5-4-8-24-17-28(34)12-9-27(24)20-42-31-14-11-25(18-30(31)36)32(38)35-43(39,40)23(22)2/h6,9,11-12,14-15,17-18,21-23,26,29H,4-5,7-8,10,13,16,19-20H2,1-3H3,(H,35,38)/b15-6+/t22?,23-,26+,29-,33-/m1/s1. The molecule has 1 amide bonds. The largest absolute Gasteiger partial charge is 0.487 e. The molecule has 43 heavy (non-hydrogen) atoms. The van der Waals surface area contributed by atoms with E-state index in [1.165, 1.54) is 0 Å². The Morgan fingerprint density at radius 3 is 2.65 bits per heavy atom. The van der Waals surface area contributed by atoms with Gasteiger partial charge in [-0.1, -0.05) is 30.7 Å². The maximum Gasteiger partial charge on any atom is 0.264 e. The van der Waals surface area contributed by atoms with Crippen LogP contribution in [0.5, 0.6) is 5.75 Å². The van der Waals surface area contributed by atoms with E-state index in [1.54, 1.807) is 32.2 Å². The van der Waals surface area contributed by atoms with Gasteiger partial charge in [-0.05, 0) is 105 Å². The van der Waals surface area contributed by atoms with Crippen molar-refractivity contribution in [3.8, 4) is 5.75 Å². The summed E-state index contributed by atoms with van der Waals surface area (Å²) >= 11 is 6.31. The summed E-state index contributed by atoms with van der Waals surface area (Å²) in [5, 5.41) is -0.150. The lowest BCUT2D eigenvalue weighted by molar-refractivity contribution is -0.135. The zero-order valence-electron chi connectivity index (χ0n) is 25.1. The molecule has 1 fully saturated rings. The van der Waals surface area contributed by atoms with Gasteiger partial charge in [0.25, 0.3) is 5.91 Å². The number of aryl methyl sites for hydroxylation is 1. The van der Waals surface area contributed by atoms with E-state index in [0.717, 1.165) is 55.2 Å². The molecule has 1 aliphatic carbocycles. The number of nitrogens with one attached hydrogen (secondary N) is 1. The van der Waals surface area contributed by atoms with E-state index in [4.69, 9.17) is 21.1 Å². The highest BCUT2D eigenvalue weighted by Crippen LogP contribution is 2.45. The van der Waals surface area contributed by atoms with Crippen molar-refractivity contribution in [2.24, 2.45) is 17.8 Å². The number of amides is 1. The van der Waals surface area contributed by atoms with Crippen LogP contribution >= 0.6 is 11.6 Å². The molecule has 2 aliphatic heterocycles. The van der Waals surface area contributed by atoms with Gasteiger partial charge in [0.05, 0.1) is 10.9 Å². The summed E-state index contributed by atoms with van der Waals surface area (Å²) in [5.74, 6) is -0.224. The molecule has 0 spiro atoms. The minimum absolute atomic E-state index is 0.0314. The van der Waals surface area contributed by atoms with Crippen LogP contribution in [-0.4, -0.2) is 51.7 Å². The fraction of sp³-hybridized carbons (Fsp3) is 0.515. The Morgan fingerprint density at radius 2 is 1.93 bits per heavy atom. The molecule has 5 atom stereocenters. The lowest BCUT2D eigenvalue weighted by atomic mass is 9.64. The molecule has 2 heterocycles. The molecule has 1 N–H and O–H groups in total. The average molecular weight is 629 g/mol. The molecule has 3 aliphatic rings. The number of methoxy groups -OCH3 is 1. The van der Waals surface area contributed by atoms with E-state index in [9.17, 15) is 18.0 Å². The monoisotopic (exact) mass is 628 g/mol. The topological polar surface area (TPSA) is 102 Å². The van der Waals surface area contributed by atoms with Gasteiger partial charge in [0.1, 0.15) is 18.0 Å². The van der Waals surface area contributed by atoms with Gasteiger partial charge in [0, 0.05) is 36.7 Å². The number of fused-ring (bicyclic) bond motifs is 3. The number of benzene rings is 2. The van der Waals surface area contributed by atoms with Crippen LogP contribution < -0.4 is 14.4 Å². The van der Waals surface area contributed by atoms with Crippen molar-refractivity contribution < 1.29 is 27.5 Å². The van der Waals surface area contributed by atoms with E-state index in [1.807, 2.05) is 37.3 Å². The van der Waals surface area contributed by atoms with Crippen molar-refractivity contribution >= 4 is 39.5 Å². The Labute approximate surface area is 259 Å². The molecule has 8 nitrogen and oxygen atoms in total. The molecule has 1 unspecified atom stereocenters. The fourth-order valence-corrected chi connectivity index (χ4v) is 7.99. The minimum Gasteiger partial charge on any atom is -0.487 e. The van der Waals surface area contributed by atoms with Crippen molar-refractivity contribution in [1.29, 1.82) is 0 Å². The zero-order valence-corrected chi connectivity index (χ0v) is 26.6. The third-order valence-electron chi connectivity index (χ3n) is 9.64. The van der Waals surface area contributed by atoms with Crippen molar-refractivity contribution in [3.05, 3.63) is 70.3 Å². The number of carbonyl (C=O) groups excluding carboxylic acids is 2. The molecule has 1 saturated carbocycles. The Bertz CT molecular complexity index is 1490. The van der Waals surface area contributed by atoms with Crippen molar-refractivity contribution in [3.63, 3.8) is 0 Å². The summed E-state index contributed by atoms with van der Waals surface area (Å²) in [6.45, 7) is 5.09. The smallest absolute Gasteiger partial charge is 0.264 e. The predicted octanol–water partition coefficient (Wildman–Crippen LogP) is 5.72. The number of hydrogen-bond acceptors (Lipinski definition) is 7. The third-order valence-corrected chi connectivity index (χ3v) is 11.8. The molecule has 2 aromatic carbocycles. The lowest BCUT2D eigenvalue weighted by Gasteiger charge is -2.47. The van der Waals surface area contributed by atoms with E-state index in [-0.39, 0.29) is 23.3 Å².